The number of hydrogen-bond acceptors (Lipinski definition) is 14. The van der Waals surface area contributed by atoms with Crippen molar-refractivity contribution in [3.05, 3.63) is 47.2 Å². The van der Waals surface area contributed by atoms with Crippen molar-refractivity contribution in [2.45, 2.75) is 60.9 Å². The Labute approximate surface area is 226 Å². The van der Waals surface area contributed by atoms with Crippen LogP contribution in [-0.4, -0.2) is 117 Å². The van der Waals surface area contributed by atoms with Crippen molar-refractivity contribution in [1.29, 1.82) is 0 Å². The zero-order chi connectivity index (χ0) is 28.5. The van der Waals surface area contributed by atoms with Crippen molar-refractivity contribution < 1.29 is 68.6 Å². The van der Waals surface area contributed by atoms with Crippen molar-refractivity contribution in [3.8, 4) is 5.75 Å². The lowest BCUT2D eigenvalue weighted by atomic mass is 9.75. The maximum absolute atomic E-state index is 13.1. The van der Waals surface area contributed by atoms with E-state index in [1.165, 1.54) is 37.5 Å². The Morgan fingerprint density at radius 2 is 1.77 bits per heavy atom. The summed E-state index contributed by atoms with van der Waals surface area (Å²) in [6, 6.07) is 5.89. The summed E-state index contributed by atoms with van der Waals surface area (Å²) in [6.45, 7) is -0.696. The number of benzene rings is 1. The predicted octanol–water partition coefficient (Wildman–Crippen LogP) is -2.32. The summed E-state index contributed by atoms with van der Waals surface area (Å²) in [5, 5.41) is 61.6. The maximum Gasteiger partial charge on any atom is 0.337 e. The summed E-state index contributed by atoms with van der Waals surface area (Å²) in [4.78, 5) is 25.8. The second kappa shape index (κ2) is 9.78. The van der Waals surface area contributed by atoms with Gasteiger partial charge in [-0.2, -0.15) is 0 Å². The molecule has 1 aromatic carbocycles. The molecule has 216 valence electrons. The quantitative estimate of drug-likeness (QED) is 0.126. The third kappa shape index (κ3) is 3.94. The molecular weight excluding hydrogens is 536 g/mol. The lowest BCUT2D eigenvalue weighted by molar-refractivity contribution is -0.350. The number of carbonyl (C=O) groups excluding carboxylic acids is 2. The lowest BCUT2D eigenvalue weighted by Crippen LogP contribution is -2.62. The van der Waals surface area contributed by atoms with E-state index < -0.39 is 91.3 Å². The number of carbonyl (C=O) groups is 2. The highest BCUT2D eigenvalue weighted by Gasteiger charge is 2.81. The molecule has 3 saturated heterocycles. The number of ether oxygens (including phenoxy) is 6. The normalized spacial score (nSPS) is 44.5. The number of esters is 2. The van der Waals surface area contributed by atoms with Gasteiger partial charge >= 0.3 is 11.9 Å². The van der Waals surface area contributed by atoms with Crippen LogP contribution in [0.1, 0.15) is 5.56 Å². The third-order valence-electron chi connectivity index (χ3n) is 8.19. The molecular formula is C26H28O14. The molecule has 6 rings (SSSR count). The molecule has 0 amide bonds. The predicted molar refractivity (Wildman–Crippen MR) is 126 cm³/mol. The number of rotatable bonds is 5. The van der Waals surface area contributed by atoms with Crippen LogP contribution in [0.25, 0.3) is 6.08 Å². The molecule has 4 aliphatic heterocycles. The minimum atomic E-state index is -1.79. The van der Waals surface area contributed by atoms with Crippen LogP contribution in [0.3, 0.4) is 0 Å². The largest absolute Gasteiger partial charge is 0.508 e. The van der Waals surface area contributed by atoms with Gasteiger partial charge in [-0.15, -0.1) is 0 Å². The van der Waals surface area contributed by atoms with Crippen molar-refractivity contribution in [1.82, 2.24) is 0 Å². The molecule has 1 aliphatic carbocycles. The van der Waals surface area contributed by atoms with E-state index in [2.05, 4.69) is 0 Å². The highest BCUT2D eigenvalue weighted by atomic mass is 16.8. The van der Waals surface area contributed by atoms with Crippen LogP contribution in [-0.2, 0) is 38.0 Å². The average molecular weight is 564 g/mol. The van der Waals surface area contributed by atoms with Gasteiger partial charge in [-0.25, -0.2) is 9.59 Å². The zero-order valence-electron chi connectivity index (χ0n) is 21.0. The van der Waals surface area contributed by atoms with Crippen molar-refractivity contribution in [2.75, 3.05) is 13.7 Å². The van der Waals surface area contributed by atoms with Gasteiger partial charge in [-0.1, -0.05) is 12.1 Å². The Morgan fingerprint density at radius 3 is 2.45 bits per heavy atom. The second-order valence-electron chi connectivity index (χ2n) is 10.3. The first-order valence-corrected chi connectivity index (χ1v) is 12.6. The van der Waals surface area contributed by atoms with E-state index >= 15 is 0 Å². The summed E-state index contributed by atoms with van der Waals surface area (Å²) in [6.07, 6.45) is -10.1. The van der Waals surface area contributed by atoms with Crippen LogP contribution >= 0.6 is 0 Å². The number of methoxy groups -OCH3 is 1. The first-order chi connectivity index (χ1) is 19.1. The molecule has 1 spiro atoms. The van der Waals surface area contributed by atoms with Gasteiger partial charge in [0, 0.05) is 5.92 Å². The summed E-state index contributed by atoms with van der Waals surface area (Å²) in [5.41, 5.74) is -1.36. The van der Waals surface area contributed by atoms with Crippen molar-refractivity contribution >= 4 is 18.0 Å². The van der Waals surface area contributed by atoms with Crippen LogP contribution in [0.4, 0.5) is 0 Å². The van der Waals surface area contributed by atoms with E-state index in [9.17, 15) is 40.2 Å². The Hall–Kier alpha value is -3.08. The Bertz CT molecular complexity index is 1240. The smallest absolute Gasteiger partial charge is 0.337 e. The second-order valence-corrected chi connectivity index (χ2v) is 10.3. The molecule has 0 aromatic heterocycles. The summed E-state index contributed by atoms with van der Waals surface area (Å²) in [5.74, 6) is -3.51. The number of aromatic hydroxyl groups is 1. The zero-order valence-corrected chi connectivity index (χ0v) is 21.0. The fourth-order valence-electron chi connectivity index (χ4n) is 6.20. The fourth-order valence-corrected chi connectivity index (χ4v) is 6.20. The molecule has 40 heavy (non-hydrogen) atoms. The van der Waals surface area contributed by atoms with E-state index in [1.807, 2.05) is 0 Å². The van der Waals surface area contributed by atoms with E-state index in [-0.39, 0.29) is 16.9 Å². The molecule has 12 atom stereocenters. The minimum absolute atomic E-state index is 0.00990. The highest BCUT2D eigenvalue weighted by molar-refractivity contribution is 5.98. The number of aliphatic hydroxyl groups is 5. The molecule has 4 fully saturated rings. The number of phenols is 1. The van der Waals surface area contributed by atoms with Crippen molar-refractivity contribution in [3.63, 3.8) is 0 Å². The summed E-state index contributed by atoms with van der Waals surface area (Å²) < 4.78 is 33.6. The topological polar surface area (TPSA) is 214 Å². The minimum Gasteiger partial charge on any atom is -0.508 e. The first kappa shape index (κ1) is 27.1. The van der Waals surface area contributed by atoms with Crippen LogP contribution < -0.4 is 0 Å². The average Bonchev–Trinajstić information content (AvgIpc) is 3.65. The molecule has 1 saturated carbocycles. The van der Waals surface area contributed by atoms with Crippen LogP contribution in [0.5, 0.6) is 5.75 Å². The number of phenolic OH excluding ortho intramolecular Hbond substituents is 1. The first-order valence-electron chi connectivity index (χ1n) is 12.6. The number of aliphatic hydroxyl groups excluding tert-OH is 5. The van der Waals surface area contributed by atoms with Crippen LogP contribution in [0, 0.1) is 11.8 Å². The Kier molecular flexibility index (Phi) is 6.63. The van der Waals surface area contributed by atoms with E-state index in [0.29, 0.717) is 5.56 Å². The van der Waals surface area contributed by atoms with Gasteiger partial charge in [-0.05, 0) is 23.8 Å². The Morgan fingerprint density at radius 1 is 1.05 bits per heavy atom. The SMILES string of the molecule is COC(=O)C1=CO[C@@H](O[C@@H]2O[C@@H](CO)[C@H](O)[C@H](O)[C@@H]2O)[C@H]2[C@@H]1[C@@H]1O[C@@H]1C21OC(=O)/C(=C/c2ccc(O)cc2)[C@H]1O. The molecule has 1 unspecified atom stereocenters. The third-order valence-corrected chi connectivity index (χ3v) is 8.19. The van der Waals surface area contributed by atoms with E-state index in [4.69, 9.17) is 28.4 Å². The maximum atomic E-state index is 13.1. The van der Waals surface area contributed by atoms with Gasteiger partial charge in [0.05, 0.1) is 43.1 Å². The number of fused-ring (bicyclic) bond motifs is 5. The summed E-state index contributed by atoms with van der Waals surface area (Å²) in [7, 11) is 1.17. The van der Waals surface area contributed by atoms with E-state index in [0.717, 1.165) is 6.26 Å². The molecule has 4 heterocycles. The molecule has 14 heteroatoms. The van der Waals surface area contributed by atoms with Crippen LogP contribution in [0.15, 0.2) is 41.7 Å². The highest BCUT2D eigenvalue weighted by Crippen LogP contribution is 2.64. The molecule has 1 aromatic rings. The summed E-state index contributed by atoms with van der Waals surface area (Å²) >= 11 is 0. The van der Waals surface area contributed by atoms with Gasteiger partial charge in [0.15, 0.2) is 11.9 Å². The molecule has 0 bridgehead atoms. The molecule has 5 aliphatic rings. The van der Waals surface area contributed by atoms with Gasteiger partial charge < -0.3 is 59.1 Å². The fraction of sp³-hybridized carbons (Fsp3) is 0.538. The molecule has 6 N–H and O–H groups in total. The van der Waals surface area contributed by atoms with Gasteiger partial charge in [0.1, 0.15) is 42.4 Å². The van der Waals surface area contributed by atoms with Crippen LogP contribution in [0.2, 0.25) is 0 Å². The van der Waals surface area contributed by atoms with Gasteiger partial charge in [0.2, 0.25) is 6.29 Å². The van der Waals surface area contributed by atoms with Gasteiger partial charge in [0.25, 0.3) is 0 Å². The van der Waals surface area contributed by atoms with Gasteiger partial charge in [-0.3, -0.25) is 0 Å². The monoisotopic (exact) mass is 564 g/mol. The number of hydrogen-bond donors (Lipinski definition) is 6. The van der Waals surface area contributed by atoms with Crippen molar-refractivity contribution in [2.24, 2.45) is 11.8 Å². The number of epoxide rings is 1. The van der Waals surface area contributed by atoms with E-state index in [1.54, 1.807) is 0 Å². The Balaban J connectivity index is 1.37. The standard InChI is InChI=1S/C26H28O14/c1-35-22(33)12-8-36-24(39-25-18(31)17(30)16(29)13(7-27)37-25)15-14(12)19-21(38-19)26(15)20(32)11(23(34)40-26)6-9-2-4-10(28)5-3-9/h2-6,8,13-21,24-25,27-32H,7H2,1H3/b11-6+/t13-,14+,15+,16-,17-,18-,19-,20+,21-,24-,25-,26?/m0/s1. The molecule has 14 nitrogen and oxygen atoms in total. The lowest BCUT2D eigenvalue weighted by Gasteiger charge is -2.45. The molecule has 0 radical (unpaired) electrons.